The molecule has 134 valence electrons. The lowest BCUT2D eigenvalue weighted by atomic mass is 9.92. The fraction of sp³-hybridized carbons (Fsp3) is 0.438. The summed E-state index contributed by atoms with van der Waals surface area (Å²) in [4.78, 5) is 47.9. The molecule has 1 aliphatic heterocycles. The smallest absolute Gasteiger partial charge is 0.325 e. The van der Waals surface area contributed by atoms with Crippen LogP contribution in [0.3, 0.4) is 0 Å². The highest BCUT2D eigenvalue weighted by molar-refractivity contribution is 6.09. The molecule has 25 heavy (non-hydrogen) atoms. The highest BCUT2D eigenvalue weighted by atomic mass is 16.6. The molecule has 1 atom stereocenters. The number of carbonyl (C=O) groups excluding carboxylic acids is 3. The van der Waals surface area contributed by atoms with Crippen LogP contribution < -0.4 is 10.6 Å². The van der Waals surface area contributed by atoms with Crippen molar-refractivity contribution in [2.75, 3.05) is 6.54 Å². The minimum atomic E-state index is -1.38. The molecule has 1 fully saturated rings. The topological polar surface area (TPSA) is 122 Å². The van der Waals surface area contributed by atoms with Crippen LogP contribution >= 0.6 is 0 Å². The summed E-state index contributed by atoms with van der Waals surface area (Å²) in [5, 5.41) is 16.0. The molecule has 0 saturated carbocycles. The van der Waals surface area contributed by atoms with Crippen molar-refractivity contribution in [1.82, 2.24) is 15.5 Å². The molecule has 0 aromatic heterocycles. The van der Waals surface area contributed by atoms with Gasteiger partial charge in [-0.25, -0.2) is 4.79 Å². The minimum Gasteiger partial charge on any atom is -0.350 e. The Hall–Kier alpha value is -2.97. The summed E-state index contributed by atoms with van der Waals surface area (Å²) in [5.41, 5.74) is -1.59. The molecule has 1 aromatic carbocycles. The van der Waals surface area contributed by atoms with Crippen molar-refractivity contribution >= 4 is 23.5 Å². The van der Waals surface area contributed by atoms with E-state index in [-0.39, 0.29) is 5.69 Å². The van der Waals surface area contributed by atoms with Gasteiger partial charge >= 0.3 is 6.03 Å². The van der Waals surface area contributed by atoms with Crippen LogP contribution in [0.1, 0.15) is 33.3 Å². The Balaban J connectivity index is 2.21. The summed E-state index contributed by atoms with van der Waals surface area (Å²) in [6.45, 7) is 6.47. The van der Waals surface area contributed by atoms with E-state index in [9.17, 15) is 24.5 Å². The molecule has 2 N–H and O–H groups in total. The Labute approximate surface area is 144 Å². The molecule has 1 heterocycles. The Morgan fingerprint density at radius 2 is 1.84 bits per heavy atom. The molecule has 1 aromatic rings. The van der Waals surface area contributed by atoms with E-state index in [4.69, 9.17) is 0 Å². The third kappa shape index (κ3) is 3.76. The van der Waals surface area contributed by atoms with Crippen molar-refractivity contribution in [3.05, 3.63) is 39.9 Å². The van der Waals surface area contributed by atoms with Gasteiger partial charge < -0.3 is 10.6 Å². The number of rotatable bonds is 4. The Morgan fingerprint density at radius 3 is 2.32 bits per heavy atom. The van der Waals surface area contributed by atoms with Crippen molar-refractivity contribution in [3.63, 3.8) is 0 Å². The quantitative estimate of drug-likeness (QED) is 0.482. The van der Waals surface area contributed by atoms with Crippen molar-refractivity contribution in [3.8, 4) is 0 Å². The molecular formula is C16H20N4O5. The molecule has 0 aliphatic carbocycles. The summed E-state index contributed by atoms with van der Waals surface area (Å²) in [6, 6.07) is 4.66. The van der Waals surface area contributed by atoms with Crippen LogP contribution in [0.4, 0.5) is 10.5 Å². The highest BCUT2D eigenvalue weighted by Gasteiger charge is 2.49. The number of nitrogens with zero attached hydrogens (tertiary/aromatic N) is 2. The van der Waals surface area contributed by atoms with Gasteiger partial charge in [-0.15, -0.1) is 0 Å². The van der Waals surface area contributed by atoms with Gasteiger partial charge in [-0.05, 0) is 45.4 Å². The Kier molecular flexibility index (Phi) is 4.52. The molecular weight excluding hydrogens is 328 g/mol. The zero-order chi connectivity index (χ0) is 19.0. The molecule has 1 saturated heterocycles. The van der Waals surface area contributed by atoms with Crippen molar-refractivity contribution in [2.24, 2.45) is 0 Å². The second-order valence-corrected chi connectivity index (χ2v) is 7.05. The fourth-order valence-corrected chi connectivity index (χ4v) is 2.55. The lowest BCUT2D eigenvalue weighted by molar-refractivity contribution is -0.384. The molecule has 2 rings (SSSR count). The molecule has 0 bridgehead atoms. The first-order chi connectivity index (χ1) is 11.4. The number of urea groups is 1. The van der Waals surface area contributed by atoms with E-state index in [1.54, 1.807) is 20.8 Å². The second kappa shape index (κ2) is 6.15. The van der Waals surface area contributed by atoms with Gasteiger partial charge in [0.15, 0.2) is 0 Å². The number of non-ortho nitro benzene ring substituents is 1. The fourth-order valence-electron chi connectivity index (χ4n) is 2.55. The number of amides is 4. The van der Waals surface area contributed by atoms with Gasteiger partial charge in [-0.2, -0.15) is 0 Å². The monoisotopic (exact) mass is 348 g/mol. The maximum Gasteiger partial charge on any atom is 0.325 e. The number of nitrogens with one attached hydrogen (secondary N) is 2. The second-order valence-electron chi connectivity index (χ2n) is 7.05. The third-order valence-electron chi connectivity index (χ3n) is 3.75. The number of carbonyl (C=O) groups is 3. The Morgan fingerprint density at radius 1 is 1.28 bits per heavy atom. The molecule has 4 amide bonds. The van der Waals surface area contributed by atoms with Crippen LogP contribution in [0.15, 0.2) is 24.3 Å². The number of imide groups is 1. The van der Waals surface area contributed by atoms with E-state index >= 15 is 0 Å². The Bertz CT molecular complexity index is 738. The molecule has 0 radical (unpaired) electrons. The first-order valence-electron chi connectivity index (χ1n) is 7.64. The van der Waals surface area contributed by atoms with Gasteiger partial charge in [0.1, 0.15) is 12.1 Å². The molecule has 0 spiro atoms. The van der Waals surface area contributed by atoms with Crippen molar-refractivity contribution in [2.45, 2.75) is 38.8 Å². The van der Waals surface area contributed by atoms with Gasteiger partial charge in [-0.3, -0.25) is 24.6 Å². The summed E-state index contributed by atoms with van der Waals surface area (Å²) in [6.07, 6.45) is 0. The van der Waals surface area contributed by atoms with Crippen LogP contribution in [-0.2, 0) is 15.1 Å². The van der Waals surface area contributed by atoms with E-state index in [0.29, 0.717) is 5.56 Å². The first-order valence-corrected chi connectivity index (χ1v) is 7.64. The predicted molar refractivity (Wildman–Crippen MR) is 88.6 cm³/mol. The van der Waals surface area contributed by atoms with Gasteiger partial charge in [0.2, 0.25) is 5.91 Å². The average molecular weight is 348 g/mol. The number of benzene rings is 1. The van der Waals surface area contributed by atoms with Crippen molar-refractivity contribution < 1.29 is 19.3 Å². The third-order valence-corrected chi connectivity index (χ3v) is 3.75. The van der Waals surface area contributed by atoms with Crippen LogP contribution in [0.25, 0.3) is 0 Å². The largest absolute Gasteiger partial charge is 0.350 e. The number of hydrogen-bond donors (Lipinski definition) is 2. The lowest BCUT2D eigenvalue weighted by Gasteiger charge is -2.23. The zero-order valence-corrected chi connectivity index (χ0v) is 14.5. The molecule has 9 heteroatoms. The lowest BCUT2D eigenvalue weighted by Crippen LogP contribution is -2.48. The maximum atomic E-state index is 12.7. The summed E-state index contributed by atoms with van der Waals surface area (Å²) < 4.78 is 0. The summed E-state index contributed by atoms with van der Waals surface area (Å²) in [7, 11) is 0. The average Bonchev–Trinajstić information content (AvgIpc) is 2.70. The number of nitro groups is 1. The SMILES string of the molecule is CC(C)(C)NC(=O)CN1C(=O)N[C@@](C)(c2ccc([N+](=O)[O-])cc2)C1=O. The van der Waals surface area contributed by atoms with Gasteiger partial charge in [0.05, 0.1) is 4.92 Å². The van der Waals surface area contributed by atoms with Crippen LogP contribution in [-0.4, -0.2) is 39.8 Å². The number of hydrogen-bond acceptors (Lipinski definition) is 5. The highest BCUT2D eigenvalue weighted by Crippen LogP contribution is 2.29. The van der Waals surface area contributed by atoms with Gasteiger partial charge in [-0.1, -0.05) is 0 Å². The van der Waals surface area contributed by atoms with Gasteiger partial charge in [0, 0.05) is 17.7 Å². The van der Waals surface area contributed by atoms with Crippen LogP contribution in [0, 0.1) is 10.1 Å². The van der Waals surface area contributed by atoms with E-state index in [1.165, 1.54) is 31.2 Å². The van der Waals surface area contributed by atoms with Crippen LogP contribution in [0.2, 0.25) is 0 Å². The minimum absolute atomic E-state index is 0.120. The summed E-state index contributed by atoms with van der Waals surface area (Å²) >= 11 is 0. The van der Waals surface area contributed by atoms with Crippen LogP contribution in [0.5, 0.6) is 0 Å². The standard InChI is InChI=1S/C16H20N4O5/c1-15(2,3)17-12(21)9-19-13(22)16(4,18-14(19)23)10-5-7-11(8-6-10)20(24)25/h5-8H,9H2,1-4H3,(H,17,21)(H,18,23)/t16-/m0/s1. The molecule has 0 unspecified atom stereocenters. The van der Waals surface area contributed by atoms with E-state index in [0.717, 1.165) is 4.90 Å². The molecule has 9 nitrogen and oxygen atoms in total. The normalized spacial score (nSPS) is 20.4. The van der Waals surface area contributed by atoms with Crippen molar-refractivity contribution in [1.29, 1.82) is 0 Å². The van der Waals surface area contributed by atoms with E-state index in [2.05, 4.69) is 10.6 Å². The zero-order valence-electron chi connectivity index (χ0n) is 14.5. The number of nitro benzene ring substituents is 1. The molecule has 1 aliphatic rings. The van der Waals surface area contributed by atoms with E-state index < -0.39 is 40.4 Å². The maximum absolute atomic E-state index is 12.7. The van der Waals surface area contributed by atoms with E-state index in [1.807, 2.05) is 0 Å². The summed E-state index contributed by atoms with van der Waals surface area (Å²) in [5.74, 6) is -1.04. The first kappa shape index (κ1) is 18.4. The predicted octanol–water partition coefficient (Wildman–Crippen LogP) is 1.28. The van der Waals surface area contributed by atoms with Gasteiger partial charge in [0.25, 0.3) is 11.6 Å².